The van der Waals surface area contributed by atoms with Crippen LogP contribution in [0.25, 0.3) is 0 Å². The van der Waals surface area contributed by atoms with Gasteiger partial charge in [-0.3, -0.25) is 5.43 Å². The second-order valence-electron chi connectivity index (χ2n) is 6.13. The number of methoxy groups -OCH3 is 2. The van der Waals surface area contributed by atoms with Gasteiger partial charge in [-0.1, -0.05) is 36.8 Å². The van der Waals surface area contributed by atoms with Crippen molar-refractivity contribution in [3.05, 3.63) is 59.7 Å². The van der Waals surface area contributed by atoms with Crippen molar-refractivity contribution in [2.75, 3.05) is 20.8 Å². The highest BCUT2D eigenvalue weighted by atomic mass is 16.5. The highest BCUT2D eigenvalue weighted by molar-refractivity contribution is 5.40. The summed E-state index contributed by atoms with van der Waals surface area (Å²) in [5, 5.41) is 2.37. The topological polar surface area (TPSA) is 33.7 Å². The van der Waals surface area contributed by atoms with Crippen LogP contribution in [0.1, 0.15) is 36.4 Å². The van der Waals surface area contributed by atoms with Gasteiger partial charge in [0.15, 0.2) is 0 Å². The van der Waals surface area contributed by atoms with Crippen molar-refractivity contribution in [2.45, 2.75) is 31.8 Å². The van der Waals surface area contributed by atoms with Gasteiger partial charge in [-0.2, -0.15) is 0 Å². The van der Waals surface area contributed by atoms with Crippen LogP contribution >= 0.6 is 0 Å². The molecule has 1 atom stereocenters. The third kappa shape index (κ3) is 3.89. The Hall–Kier alpha value is -2.04. The fourth-order valence-corrected chi connectivity index (χ4v) is 3.35. The molecule has 0 aliphatic carbocycles. The molecule has 128 valence electrons. The molecule has 1 saturated heterocycles. The van der Waals surface area contributed by atoms with Crippen LogP contribution in [0, 0.1) is 0 Å². The standard InChI is InChI=1S/C20H26N2O2/c1-23-18-11-12-20(24-2)17(14-18)15-21-22-13-7-6-10-19(22)16-8-4-3-5-9-16/h3-5,8-9,11-12,14,19,21H,6-7,10,13,15H2,1-2H3. The molecule has 0 aromatic heterocycles. The van der Waals surface area contributed by atoms with Gasteiger partial charge < -0.3 is 9.47 Å². The molecule has 1 fully saturated rings. The summed E-state index contributed by atoms with van der Waals surface area (Å²) in [7, 11) is 3.40. The van der Waals surface area contributed by atoms with Gasteiger partial charge in [0, 0.05) is 24.7 Å². The maximum atomic E-state index is 5.48. The number of benzene rings is 2. The Morgan fingerprint density at radius 1 is 1.04 bits per heavy atom. The Bertz CT molecular complexity index is 645. The van der Waals surface area contributed by atoms with E-state index in [-0.39, 0.29) is 0 Å². The predicted molar refractivity (Wildman–Crippen MR) is 96.1 cm³/mol. The Kier molecular flexibility index (Phi) is 5.72. The minimum absolute atomic E-state index is 0.427. The van der Waals surface area contributed by atoms with E-state index in [1.54, 1.807) is 14.2 Å². The lowest BCUT2D eigenvalue weighted by molar-refractivity contribution is 0.0821. The van der Waals surface area contributed by atoms with E-state index in [4.69, 9.17) is 9.47 Å². The van der Waals surface area contributed by atoms with Crippen molar-refractivity contribution in [2.24, 2.45) is 0 Å². The van der Waals surface area contributed by atoms with E-state index in [2.05, 4.69) is 40.8 Å². The SMILES string of the molecule is COc1ccc(OC)c(CNN2CCCCC2c2ccccc2)c1. The second-order valence-corrected chi connectivity index (χ2v) is 6.13. The minimum atomic E-state index is 0.427. The van der Waals surface area contributed by atoms with E-state index in [0.29, 0.717) is 6.04 Å². The van der Waals surface area contributed by atoms with Gasteiger partial charge in [0.2, 0.25) is 0 Å². The predicted octanol–water partition coefficient (Wildman–Crippen LogP) is 3.94. The third-order valence-corrected chi connectivity index (χ3v) is 4.65. The van der Waals surface area contributed by atoms with Crippen molar-refractivity contribution in [1.82, 2.24) is 10.4 Å². The fourth-order valence-electron chi connectivity index (χ4n) is 3.35. The number of rotatable bonds is 6. The molecule has 1 N–H and O–H groups in total. The smallest absolute Gasteiger partial charge is 0.123 e. The lowest BCUT2D eigenvalue weighted by atomic mass is 9.97. The van der Waals surface area contributed by atoms with Gasteiger partial charge in [-0.25, -0.2) is 5.01 Å². The highest BCUT2D eigenvalue weighted by Crippen LogP contribution is 2.30. The molecule has 1 aliphatic rings. The first-order chi connectivity index (χ1) is 11.8. The molecule has 0 spiro atoms. The Morgan fingerprint density at radius 2 is 1.88 bits per heavy atom. The van der Waals surface area contributed by atoms with Gasteiger partial charge in [0.1, 0.15) is 11.5 Å². The van der Waals surface area contributed by atoms with Gasteiger partial charge in [-0.05, 0) is 36.6 Å². The molecule has 1 heterocycles. The second kappa shape index (κ2) is 8.18. The van der Waals surface area contributed by atoms with Crippen molar-refractivity contribution < 1.29 is 9.47 Å². The summed E-state index contributed by atoms with van der Waals surface area (Å²) in [5.74, 6) is 1.74. The van der Waals surface area contributed by atoms with Crippen LogP contribution in [0.3, 0.4) is 0 Å². The van der Waals surface area contributed by atoms with Crippen LogP contribution in [-0.2, 0) is 6.54 Å². The van der Waals surface area contributed by atoms with Gasteiger partial charge in [0.05, 0.1) is 14.2 Å². The fraction of sp³-hybridized carbons (Fsp3) is 0.400. The number of piperidine rings is 1. The van der Waals surface area contributed by atoms with Crippen molar-refractivity contribution in [3.8, 4) is 11.5 Å². The summed E-state index contributed by atoms with van der Waals surface area (Å²) in [6.45, 7) is 1.79. The first-order valence-corrected chi connectivity index (χ1v) is 8.58. The molecule has 0 amide bonds. The number of hydrogen-bond donors (Lipinski definition) is 1. The van der Waals surface area contributed by atoms with Crippen LogP contribution in [0.5, 0.6) is 11.5 Å². The average molecular weight is 326 g/mol. The molecule has 4 heteroatoms. The van der Waals surface area contributed by atoms with Crippen molar-refractivity contribution in [1.29, 1.82) is 0 Å². The monoisotopic (exact) mass is 326 g/mol. The molecular weight excluding hydrogens is 300 g/mol. The zero-order chi connectivity index (χ0) is 16.8. The van der Waals surface area contributed by atoms with Crippen LogP contribution in [-0.4, -0.2) is 25.8 Å². The molecule has 0 bridgehead atoms. The van der Waals surface area contributed by atoms with Gasteiger partial charge in [0.25, 0.3) is 0 Å². The molecule has 4 nitrogen and oxygen atoms in total. The molecule has 24 heavy (non-hydrogen) atoms. The number of hydrazine groups is 1. The first-order valence-electron chi connectivity index (χ1n) is 8.58. The average Bonchev–Trinajstić information content (AvgIpc) is 2.67. The Balaban J connectivity index is 1.72. The zero-order valence-electron chi connectivity index (χ0n) is 14.5. The molecule has 0 radical (unpaired) electrons. The molecular formula is C20H26N2O2. The maximum absolute atomic E-state index is 5.48. The van der Waals surface area contributed by atoms with Gasteiger partial charge >= 0.3 is 0 Å². The van der Waals surface area contributed by atoms with E-state index in [9.17, 15) is 0 Å². The van der Waals surface area contributed by atoms with E-state index < -0.39 is 0 Å². The summed E-state index contributed by atoms with van der Waals surface area (Å²) in [6.07, 6.45) is 3.69. The molecule has 2 aromatic carbocycles. The van der Waals surface area contributed by atoms with E-state index in [1.165, 1.54) is 24.8 Å². The van der Waals surface area contributed by atoms with Crippen LogP contribution in [0.15, 0.2) is 48.5 Å². The van der Waals surface area contributed by atoms with E-state index >= 15 is 0 Å². The summed E-state index contributed by atoms with van der Waals surface area (Å²) in [4.78, 5) is 0. The summed E-state index contributed by atoms with van der Waals surface area (Å²) in [5.41, 5.74) is 6.09. The summed E-state index contributed by atoms with van der Waals surface area (Å²) in [6, 6.07) is 17.1. The van der Waals surface area contributed by atoms with Crippen LogP contribution < -0.4 is 14.9 Å². The van der Waals surface area contributed by atoms with E-state index in [0.717, 1.165) is 30.2 Å². The lowest BCUT2D eigenvalue weighted by Crippen LogP contribution is -2.43. The number of nitrogens with one attached hydrogen (secondary N) is 1. The number of hydrogen-bond acceptors (Lipinski definition) is 4. The maximum Gasteiger partial charge on any atom is 0.123 e. The molecule has 2 aromatic rings. The molecule has 1 aliphatic heterocycles. The van der Waals surface area contributed by atoms with Crippen molar-refractivity contribution in [3.63, 3.8) is 0 Å². The normalized spacial score (nSPS) is 18.3. The molecule has 3 rings (SSSR count). The quantitative estimate of drug-likeness (QED) is 0.872. The molecule has 0 saturated carbocycles. The van der Waals surface area contributed by atoms with Crippen LogP contribution in [0.4, 0.5) is 0 Å². The van der Waals surface area contributed by atoms with Crippen molar-refractivity contribution >= 4 is 0 Å². The molecule has 1 unspecified atom stereocenters. The first kappa shape index (κ1) is 16.8. The number of ether oxygens (including phenoxy) is 2. The van der Waals surface area contributed by atoms with E-state index in [1.807, 2.05) is 18.2 Å². The van der Waals surface area contributed by atoms with Gasteiger partial charge in [-0.15, -0.1) is 0 Å². The minimum Gasteiger partial charge on any atom is -0.497 e. The largest absolute Gasteiger partial charge is 0.497 e. The lowest BCUT2D eigenvalue weighted by Gasteiger charge is -2.36. The zero-order valence-corrected chi connectivity index (χ0v) is 14.5. The highest BCUT2D eigenvalue weighted by Gasteiger charge is 2.23. The Labute approximate surface area is 144 Å². The third-order valence-electron chi connectivity index (χ3n) is 4.65. The summed E-state index contributed by atoms with van der Waals surface area (Å²) >= 11 is 0. The summed E-state index contributed by atoms with van der Waals surface area (Å²) < 4.78 is 10.8. The Morgan fingerprint density at radius 3 is 2.62 bits per heavy atom. The number of nitrogens with zero attached hydrogens (tertiary/aromatic N) is 1. The van der Waals surface area contributed by atoms with Crippen LogP contribution in [0.2, 0.25) is 0 Å².